The Morgan fingerprint density at radius 3 is 2.29 bits per heavy atom. The van der Waals surface area contributed by atoms with E-state index in [1.165, 1.54) is 7.11 Å². The summed E-state index contributed by atoms with van der Waals surface area (Å²) in [7, 11) is 1.54. The van der Waals surface area contributed by atoms with Crippen LogP contribution < -0.4 is 20.3 Å². The van der Waals surface area contributed by atoms with Gasteiger partial charge in [0.15, 0.2) is 0 Å². The highest BCUT2D eigenvalue weighted by Crippen LogP contribution is 2.25. The molecule has 0 saturated carbocycles. The first-order valence-electron chi connectivity index (χ1n) is 7.22. The van der Waals surface area contributed by atoms with Gasteiger partial charge in [-0.1, -0.05) is 6.07 Å². The van der Waals surface area contributed by atoms with Crippen molar-refractivity contribution >= 4 is 27.7 Å². The summed E-state index contributed by atoms with van der Waals surface area (Å²) in [5, 5.41) is 0. The Labute approximate surface area is 148 Å². The Bertz CT molecular complexity index is 749. The van der Waals surface area contributed by atoms with E-state index in [9.17, 15) is 9.59 Å². The number of nitrogens with one attached hydrogen (secondary N) is 2. The zero-order valence-corrected chi connectivity index (χ0v) is 14.8. The minimum atomic E-state index is -0.437. The van der Waals surface area contributed by atoms with Gasteiger partial charge in [0, 0.05) is 11.1 Å². The van der Waals surface area contributed by atoms with Gasteiger partial charge < -0.3 is 9.47 Å². The van der Waals surface area contributed by atoms with Crippen LogP contribution in [0.1, 0.15) is 27.6 Å². The molecule has 0 saturated heterocycles. The van der Waals surface area contributed by atoms with E-state index in [1.807, 2.05) is 6.92 Å². The molecule has 2 aromatic rings. The molecule has 2 rings (SSSR count). The molecule has 0 aliphatic rings. The second kappa shape index (κ2) is 8.35. The highest BCUT2D eigenvalue weighted by molar-refractivity contribution is 9.10. The van der Waals surface area contributed by atoms with E-state index in [4.69, 9.17) is 9.47 Å². The van der Waals surface area contributed by atoms with Crippen molar-refractivity contribution in [3.63, 3.8) is 0 Å². The molecule has 0 fully saturated rings. The third-order valence-corrected chi connectivity index (χ3v) is 3.73. The number of rotatable bonds is 5. The zero-order valence-electron chi connectivity index (χ0n) is 13.3. The molecule has 0 atom stereocenters. The minimum absolute atomic E-state index is 0.381. The van der Waals surface area contributed by atoms with E-state index in [0.717, 1.165) is 0 Å². The quantitative estimate of drug-likeness (QED) is 0.766. The van der Waals surface area contributed by atoms with Crippen molar-refractivity contribution in [2.45, 2.75) is 6.92 Å². The molecule has 24 heavy (non-hydrogen) atoms. The van der Waals surface area contributed by atoms with Crippen LogP contribution in [0.5, 0.6) is 11.5 Å². The summed E-state index contributed by atoms with van der Waals surface area (Å²) in [6.07, 6.45) is 0. The summed E-state index contributed by atoms with van der Waals surface area (Å²) >= 11 is 3.31. The number of halogens is 1. The van der Waals surface area contributed by atoms with Gasteiger partial charge in [0.1, 0.15) is 11.5 Å². The van der Waals surface area contributed by atoms with Crippen molar-refractivity contribution < 1.29 is 19.1 Å². The molecule has 0 bridgehead atoms. The van der Waals surface area contributed by atoms with Crippen molar-refractivity contribution in [1.29, 1.82) is 0 Å². The maximum absolute atomic E-state index is 12.1. The van der Waals surface area contributed by atoms with Crippen molar-refractivity contribution in [3.8, 4) is 11.5 Å². The predicted octanol–water partition coefficient (Wildman–Crippen LogP) is 2.93. The van der Waals surface area contributed by atoms with Crippen LogP contribution in [-0.2, 0) is 0 Å². The van der Waals surface area contributed by atoms with Crippen molar-refractivity contribution in [2.24, 2.45) is 0 Å². The largest absolute Gasteiger partial charge is 0.496 e. The van der Waals surface area contributed by atoms with Crippen LogP contribution in [-0.4, -0.2) is 25.5 Å². The number of carbonyl (C=O) groups excluding carboxylic acids is 2. The third-order valence-electron chi connectivity index (χ3n) is 3.11. The van der Waals surface area contributed by atoms with Crippen molar-refractivity contribution in [3.05, 3.63) is 58.1 Å². The molecule has 0 spiro atoms. The number of hydrogen-bond donors (Lipinski definition) is 2. The molecule has 0 aromatic heterocycles. The molecule has 0 aliphatic carbocycles. The lowest BCUT2D eigenvalue weighted by Crippen LogP contribution is -2.41. The first-order chi connectivity index (χ1) is 11.5. The molecular weight excluding hydrogens is 376 g/mol. The topological polar surface area (TPSA) is 76.7 Å². The van der Waals surface area contributed by atoms with Gasteiger partial charge in [-0.2, -0.15) is 0 Å². The van der Waals surface area contributed by atoms with Crippen LogP contribution in [0.15, 0.2) is 46.9 Å². The molecule has 6 nitrogen and oxygen atoms in total. The fraction of sp³-hybridized carbons (Fsp3) is 0.176. The minimum Gasteiger partial charge on any atom is -0.496 e. The number of hydrogen-bond acceptors (Lipinski definition) is 4. The Balaban J connectivity index is 1.99. The van der Waals surface area contributed by atoms with Gasteiger partial charge in [0.05, 0.1) is 18.2 Å². The third kappa shape index (κ3) is 4.48. The van der Waals surface area contributed by atoms with Gasteiger partial charge in [0.25, 0.3) is 11.8 Å². The Kier molecular flexibility index (Phi) is 6.20. The van der Waals surface area contributed by atoms with E-state index < -0.39 is 11.8 Å². The highest BCUT2D eigenvalue weighted by Gasteiger charge is 2.11. The fourth-order valence-corrected chi connectivity index (χ4v) is 2.50. The number of ether oxygens (including phenoxy) is 2. The second-order valence-corrected chi connectivity index (χ2v) is 5.57. The van der Waals surface area contributed by atoms with Gasteiger partial charge in [-0.25, -0.2) is 0 Å². The second-order valence-electron chi connectivity index (χ2n) is 4.72. The monoisotopic (exact) mass is 392 g/mol. The molecule has 0 heterocycles. The smallest absolute Gasteiger partial charge is 0.269 e. The molecule has 0 aliphatic heterocycles. The molecule has 126 valence electrons. The maximum atomic E-state index is 12.1. The molecule has 2 amide bonds. The number of amides is 2. The number of benzene rings is 2. The summed E-state index contributed by atoms with van der Waals surface area (Å²) < 4.78 is 11.1. The van der Waals surface area contributed by atoms with E-state index in [2.05, 4.69) is 26.8 Å². The Hall–Kier alpha value is -2.54. The zero-order chi connectivity index (χ0) is 17.5. The van der Waals surface area contributed by atoms with E-state index in [-0.39, 0.29) is 0 Å². The Morgan fingerprint density at radius 2 is 1.71 bits per heavy atom. The summed E-state index contributed by atoms with van der Waals surface area (Å²) in [6, 6.07) is 11.6. The lowest BCUT2D eigenvalue weighted by Gasteiger charge is -2.10. The summed E-state index contributed by atoms with van der Waals surface area (Å²) in [6.45, 7) is 2.37. The van der Waals surface area contributed by atoms with Gasteiger partial charge in [0.2, 0.25) is 0 Å². The van der Waals surface area contributed by atoms with Crippen LogP contribution >= 0.6 is 15.9 Å². The van der Waals surface area contributed by atoms with E-state index in [0.29, 0.717) is 33.7 Å². The van der Waals surface area contributed by atoms with Crippen LogP contribution in [0, 0.1) is 0 Å². The molecular formula is C17H17BrN2O4. The molecule has 0 radical (unpaired) electrons. The number of methoxy groups -OCH3 is 1. The van der Waals surface area contributed by atoms with Crippen molar-refractivity contribution in [1.82, 2.24) is 10.9 Å². The average Bonchev–Trinajstić information content (AvgIpc) is 2.59. The van der Waals surface area contributed by atoms with Crippen LogP contribution in [0.25, 0.3) is 0 Å². The molecule has 0 unspecified atom stereocenters. The SMILES string of the molecule is CCOc1cccc(C(=O)NNC(=O)c2ccc(OC)c(Br)c2)c1. The Morgan fingerprint density at radius 1 is 1.04 bits per heavy atom. The molecule has 7 heteroatoms. The van der Waals surface area contributed by atoms with E-state index in [1.54, 1.807) is 42.5 Å². The van der Waals surface area contributed by atoms with Gasteiger partial charge >= 0.3 is 0 Å². The number of carbonyl (C=O) groups is 2. The lowest BCUT2D eigenvalue weighted by atomic mass is 10.2. The van der Waals surface area contributed by atoms with Crippen molar-refractivity contribution in [2.75, 3.05) is 13.7 Å². The van der Waals surface area contributed by atoms with E-state index >= 15 is 0 Å². The maximum Gasteiger partial charge on any atom is 0.269 e. The normalized spacial score (nSPS) is 9.96. The van der Waals surface area contributed by atoms with Gasteiger partial charge in [-0.3, -0.25) is 20.4 Å². The van der Waals surface area contributed by atoms with Gasteiger partial charge in [-0.15, -0.1) is 0 Å². The standard InChI is InChI=1S/C17H17BrN2O4/c1-3-24-13-6-4-5-11(9-13)16(21)19-20-17(22)12-7-8-15(23-2)14(18)10-12/h4-10H,3H2,1-2H3,(H,19,21)(H,20,22). The summed E-state index contributed by atoms with van der Waals surface area (Å²) in [5.41, 5.74) is 5.51. The van der Waals surface area contributed by atoms with Gasteiger partial charge in [-0.05, 0) is 59.3 Å². The summed E-state index contributed by atoms with van der Waals surface area (Å²) in [5.74, 6) is 0.337. The lowest BCUT2D eigenvalue weighted by molar-refractivity contribution is 0.0846. The van der Waals surface area contributed by atoms with Crippen LogP contribution in [0.3, 0.4) is 0 Å². The molecule has 2 aromatic carbocycles. The predicted molar refractivity (Wildman–Crippen MR) is 93.2 cm³/mol. The average molecular weight is 393 g/mol. The summed E-state index contributed by atoms with van der Waals surface area (Å²) in [4.78, 5) is 24.2. The number of hydrazine groups is 1. The first kappa shape index (κ1) is 17.8. The fourth-order valence-electron chi connectivity index (χ4n) is 1.96. The highest BCUT2D eigenvalue weighted by atomic mass is 79.9. The van der Waals surface area contributed by atoms with Crippen LogP contribution in [0.4, 0.5) is 0 Å². The first-order valence-corrected chi connectivity index (χ1v) is 8.01. The van der Waals surface area contributed by atoms with Crippen LogP contribution in [0.2, 0.25) is 0 Å². The molecule has 2 N–H and O–H groups in total.